The van der Waals surface area contributed by atoms with Gasteiger partial charge in [-0.05, 0) is 5.92 Å². The standard InChI is InChI=1S/C7H13O2.W/c1-4-6(5(2)3)7(8)9;/h5-6H,1,4H2,2-3H3,(H,8,9);/q-1;+2. The maximum Gasteiger partial charge on any atom is 2.00 e. The Kier molecular flexibility index (Phi) is 7.56. The molecule has 1 unspecified atom stereocenters. The number of aliphatic carboxylic acids is 1. The summed E-state index contributed by atoms with van der Waals surface area (Å²) in [4.78, 5) is 10.3. The van der Waals surface area contributed by atoms with Gasteiger partial charge in [0.1, 0.15) is 0 Å². The van der Waals surface area contributed by atoms with Crippen molar-refractivity contribution < 1.29 is 31.0 Å². The van der Waals surface area contributed by atoms with Gasteiger partial charge in [-0.1, -0.05) is 13.8 Å². The monoisotopic (exact) mass is 313 g/mol. The van der Waals surface area contributed by atoms with E-state index in [-0.39, 0.29) is 32.9 Å². The number of rotatable bonds is 3. The van der Waals surface area contributed by atoms with Gasteiger partial charge in [-0.2, -0.15) is 6.42 Å². The molecule has 0 aromatic heterocycles. The third kappa shape index (κ3) is 4.05. The van der Waals surface area contributed by atoms with Crippen molar-refractivity contribution in [3.05, 3.63) is 6.92 Å². The molecule has 0 heterocycles. The summed E-state index contributed by atoms with van der Waals surface area (Å²) in [6.45, 7) is 7.33. The van der Waals surface area contributed by atoms with Gasteiger partial charge in [-0.25, -0.2) is 0 Å². The molecule has 0 aromatic carbocycles. The molecule has 0 bridgehead atoms. The first-order valence-electron chi connectivity index (χ1n) is 3.11. The SMILES string of the molecule is [CH2-]CC(C(=O)O)C(C)C.[W+2]. The minimum Gasteiger partial charge on any atom is -0.481 e. The Balaban J connectivity index is 0. The summed E-state index contributed by atoms with van der Waals surface area (Å²) in [7, 11) is 0. The van der Waals surface area contributed by atoms with E-state index in [0.717, 1.165) is 0 Å². The van der Waals surface area contributed by atoms with Crippen LogP contribution in [0.3, 0.4) is 0 Å². The fourth-order valence-electron chi connectivity index (χ4n) is 0.742. The summed E-state index contributed by atoms with van der Waals surface area (Å²) in [5.74, 6) is -0.815. The number of hydrogen-bond donors (Lipinski definition) is 1. The van der Waals surface area contributed by atoms with Crippen LogP contribution in [-0.2, 0) is 25.9 Å². The first-order chi connectivity index (χ1) is 4.09. The molecule has 0 aliphatic rings. The zero-order valence-electron chi connectivity index (χ0n) is 6.33. The van der Waals surface area contributed by atoms with Crippen LogP contribution >= 0.6 is 0 Å². The van der Waals surface area contributed by atoms with Crippen LogP contribution in [-0.4, -0.2) is 11.1 Å². The number of hydrogen-bond acceptors (Lipinski definition) is 1. The molecule has 0 radical (unpaired) electrons. The van der Waals surface area contributed by atoms with Crippen molar-refractivity contribution in [3.63, 3.8) is 0 Å². The molecule has 0 aliphatic carbocycles. The van der Waals surface area contributed by atoms with Gasteiger partial charge in [0.25, 0.3) is 0 Å². The molecule has 2 nitrogen and oxygen atoms in total. The molecule has 0 aliphatic heterocycles. The van der Waals surface area contributed by atoms with Gasteiger partial charge < -0.3 is 12.0 Å². The van der Waals surface area contributed by atoms with Crippen LogP contribution in [0.1, 0.15) is 20.3 Å². The third-order valence-electron chi connectivity index (χ3n) is 1.43. The second-order valence-electron chi connectivity index (χ2n) is 2.48. The summed E-state index contributed by atoms with van der Waals surface area (Å²) < 4.78 is 0. The van der Waals surface area contributed by atoms with Gasteiger partial charge in [0.05, 0.1) is 0 Å². The summed E-state index contributed by atoms with van der Waals surface area (Å²) in [5.41, 5.74) is 0. The van der Waals surface area contributed by atoms with Crippen LogP contribution in [0.15, 0.2) is 0 Å². The molecule has 0 aromatic rings. The van der Waals surface area contributed by atoms with Gasteiger partial charge in [0, 0.05) is 5.92 Å². The molecule has 3 heteroatoms. The summed E-state index contributed by atoms with van der Waals surface area (Å²) in [5, 5.41) is 8.50. The third-order valence-corrected chi connectivity index (χ3v) is 1.43. The van der Waals surface area contributed by atoms with Crippen molar-refractivity contribution in [2.75, 3.05) is 0 Å². The van der Waals surface area contributed by atoms with Crippen LogP contribution < -0.4 is 0 Å². The Hall–Kier alpha value is 0.158. The predicted molar refractivity (Wildman–Crippen MR) is 35.9 cm³/mol. The molecule has 0 saturated heterocycles. The molecule has 0 amide bonds. The summed E-state index contributed by atoms with van der Waals surface area (Å²) >= 11 is 0. The summed E-state index contributed by atoms with van der Waals surface area (Å²) in [6.07, 6.45) is 0.479. The van der Waals surface area contributed by atoms with Crippen molar-refractivity contribution >= 4 is 5.97 Å². The van der Waals surface area contributed by atoms with Crippen molar-refractivity contribution in [1.29, 1.82) is 0 Å². The molecular formula is C7H13O2W+. The number of carboxylic acid groups (broad SMARTS) is 1. The number of carbonyl (C=O) groups is 1. The quantitative estimate of drug-likeness (QED) is 0.803. The maximum atomic E-state index is 10.3. The molecule has 0 rings (SSSR count). The van der Waals surface area contributed by atoms with Gasteiger partial charge in [0.2, 0.25) is 0 Å². The van der Waals surface area contributed by atoms with E-state index in [9.17, 15) is 4.79 Å². The average Bonchev–Trinajstić information content (AvgIpc) is 1.64. The zero-order valence-corrected chi connectivity index (χ0v) is 9.27. The van der Waals surface area contributed by atoms with Crippen molar-refractivity contribution in [3.8, 4) is 0 Å². The van der Waals surface area contributed by atoms with E-state index in [1.54, 1.807) is 0 Å². The maximum absolute atomic E-state index is 10.3. The van der Waals surface area contributed by atoms with E-state index >= 15 is 0 Å². The molecule has 1 N–H and O–H groups in total. The molecule has 0 spiro atoms. The fraction of sp³-hybridized carbons (Fsp3) is 0.714. The van der Waals surface area contributed by atoms with E-state index in [1.165, 1.54) is 0 Å². The Morgan fingerprint density at radius 1 is 1.60 bits per heavy atom. The predicted octanol–water partition coefficient (Wildman–Crippen LogP) is 1.56. The first-order valence-corrected chi connectivity index (χ1v) is 3.11. The zero-order chi connectivity index (χ0) is 7.44. The Morgan fingerprint density at radius 3 is 2.00 bits per heavy atom. The Bertz CT molecular complexity index is 102. The van der Waals surface area contributed by atoms with E-state index in [1.807, 2.05) is 13.8 Å². The molecule has 0 fully saturated rings. The summed E-state index contributed by atoms with van der Waals surface area (Å²) in [6, 6.07) is 0. The molecule has 0 saturated carbocycles. The normalized spacial score (nSPS) is 12.4. The van der Waals surface area contributed by atoms with E-state index < -0.39 is 5.97 Å². The van der Waals surface area contributed by atoms with Crippen LogP contribution in [0.4, 0.5) is 0 Å². The van der Waals surface area contributed by atoms with Crippen molar-refractivity contribution in [2.45, 2.75) is 20.3 Å². The van der Waals surface area contributed by atoms with E-state index in [4.69, 9.17) is 5.11 Å². The van der Waals surface area contributed by atoms with Crippen molar-refractivity contribution in [1.82, 2.24) is 0 Å². The largest absolute Gasteiger partial charge is 2.00 e. The topological polar surface area (TPSA) is 37.3 Å². The van der Waals surface area contributed by atoms with Gasteiger partial charge in [-0.15, -0.1) is 0 Å². The Morgan fingerprint density at radius 2 is 2.00 bits per heavy atom. The van der Waals surface area contributed by atoms with E-state index in [2.05, 4.69) is 6.92 Å². The van der Waals surface area contributed by atoms with Gasteiger partial charge in [0.15, 0.2) is 0 Å². The van der Waals surface area contributed by atoms with Gasteiger partial charge >= 0.3 is 27.0 Å². The van der Waals surface area contributed by atoms with E-state index in [0.29, 0.717) is 6.42 Å². The smallest absolute Gasteiger partial charge is 0.481 e. The second kappa shape index (κ2) is 5.91. The van der Waals surface area contributed by atoms with Crippen LogP contribution in [0, 0.1) is 18.8 Å². The minimum atomic E-state index is -0.736. The minimum absolute atomic E-state index is 0. The molecule has 10 heavy (non-hydrogen) atoms. The molecule has 1 atom stereocenters. The Labute approximate surface area is 76.3 Å². The van der Waals surface area contributed by atoms with Crippen LogP contribution in [0.2, 0.25) is 0 Å². The first kappa shape index (κ1) is 12.8. The fourth-order valence-corrected chi connectivity index (χ4v) is 0.742. The number of carboxylic acids is 1. The second-order valence-corrected chi connectivity index (χ2v) is 2.48. The molecule has 58 valence electrons. The van der Waals surface area contributed by atoms with Crippen LogP contribution in [0.5, 0.6) is 0 Å². The average molecular weight is 313 g/mol. The van der Waals surface area contributed by atoms with Crippen LogP contribution in [0.25, 0.3) is 0 Å². The molecular weight excluding hydrogens is 300 g/mol. The van der Waals surface area contributed by atoms with Gasteiger partial charge in [-0.3, -0.25) is 4.79 Å². The van der Waals surface area contributed by atoms with Crippen molar-refractivity contribution in [2.24, 2.45) is 11.8 Å².